The van der Waals surface area contributed by atoms with Crippen LogP contribution < -0.4 is 25.5 Å². The van der Waals surface area contributed by atoms with Gasteiger partial charge in [-0.2, -0.15) is 5.10 Å². The highest BCUT2D eigenvalue weighted by molar-refractivity contribution is 7.80. The summed E-state index contributed by atoms with van der Waals surface area (Å²) in [5.74, 6) is 0.706. The molecule has 7 nitrogen and oxygen atoms in total. The summed E-state index contributed by atoms with van der Waals surface area (Å²) in [6.45, 7) is -0.128. The van der Waals surface area contributed by atoms with E-state index in [2.05, 4.69) is 21.2 Å². The van der Waals surface area contributed by atoms with Gasteiger partial charge in [-0.1, -0.05) is 18.2 Å². The summed E-state index contributed by atoms with van der Waals surface area (Å²) in [6, 6.07) is 14.4. The van der Waals surface area contributed by atoms with E-state index in [4.69, 9.17) is 21.7 Å². The molecule has 0 aromatic heterocycles. The van der Waals surface area contributed by atoms with Crippen LogP contribution in [-0.4, -0.2) is 38.0 Å². The Morgan fingerprint density at radius 3 is 2.65 bits per heavy atom. The van der Waals surface area contributed by atoms with Crippen molar-refractivity contribution in [2.24, 2.45) is 5.10 Å². The second kappa shape index (κ2) is 10.00. The number of methoxy groups -OCH3 is 1. The Hall–Kier alpha value is -3.13. The Labute approximate surface area is 157 Å². The Bertz CT molecular complexity index is 781. The van der Waals surface area contributed by atoms with E-state index >= 15 is 0 Å². The van der Waals surface area contributed by atoms with Crippen LogP contribution in [0, 0.1) is 0 Å². The Kier molecular flexibility index (Phi) is 7.38. The average Bonchev–Trinajstić information content (AvgIpc) is 2.67. The third-order valence-electron chi connectivity index (χ3n) is 3.21. The topological polar surface area (TPSA) is 84.0 Å². The molecule has 26 heavy (non-hydrogen) atoms. The van der Waals surface area contributed by atoms with Crippen LogP contribution in [0.2, 0.25) is 0 Å². The second-order valence-electron chi connectivity index (χ2n) is 5.06. The van der Waals surface area contributed by atoms with Crippen LogP contribution in [-0.2, 0) is 4.79 Å². The molecule has 0 bridgehead atoms. The van der Waals surface area contributed by atoms with E-state index < -0.39 is 0 Å². The molecule has 3 N–H and O–H groups in total. The van der Waals surface area contributed by atoms with Gasteiger partial charge in [-0.3, -0.25) is 10.2 Å². The number of benzene rings is 2. The third-order valence-corrected chi connectivity index (χ3v) is 3.51. The lowest BCUT2D eigenvalue weighted by molar-refractivity contribution is -0.118. The highest BCUT2D eigenvalue weighted by atomic mass is 32.1. The van der Waals surface area contributed by atoms with E-state index in [9.17, 15) is 4.79 Å². The first-order chi connectivity index (χ1) is 12.6. The van der Waals surface area contributed by atoms with Crippen molar-refractivity contribution in [2.75, 3.05) is 26.1 Å². The number of hydrazone groups is 1. The Morgan fingerprint density at radius 2 is 1.96 bits per heavy atom. The van der Waals surface area contributed by atoms with Crippen molar-refractivity contribution in [2.45, 2.75) is 0 Å². The molecular formula is C18H20N4O3S. The number of hydrogen-bond donors (Lipinski definition) is 3. The van der Waals surface area contributed by atoms with Crippen molar-refractivity contribution in [3.63, 3.8) is 0 Å². The minimum absolute atomic E-state index is 0.128. The van der Waals surface area contributed by atoms with Crippen molar-refractivity contribution in [1.29, 1.82) is 0 Å². The fourth-order valence-electron chi connectivity index (χ4n) is 1.97. The average molecular weight is 372 g/mol. The van der Waals surface area contributed by atoms with Gasteiger partial charge in [0, 0.05) is 12.7 Å². The number of anilines is 1. The zero-order chi connectivity index (χ0) is 18.8. The molecule has 0 aliphatic carbocycles. The highest BCUT2D eigenvalue weighted by Crippen LogP contribution is 2.27. The first-order valence-corrected chi connectivity index (χ1v) is 8.19. The van der Waals surface area contributed by atoms with Crippen molar-refractivity contribution < 1.29 is 14.3 Å². The number of thiocarbonyl (C=S) groups is 1. The maximum absolute atomic E-state index is 12.0. The first-order valence-electron chi connectivity index (χ1n) is 7.79. The van der Waals surface area contributed by atoms with Gasteiger partial charge < -0.3 is 20.1 Å². The van der Waals surface area contributed by atoms with Crippen LogP contribution >= 0.6 is 12.2 Å². The molecule has 0 atom stereocenters. The van der Waals surface area contributed by atoms with E-state index in [1.807, 2.05) is 18.2 Å². The largest absolute Gasteiger partial charge is 0.493 e. The SMILES string of the molecule is CNC(=S)N/N=C/c1ccc(OCC(=O)Nc2ccccc2)c(OC)c1. The molecule has 1 amide bonds. The summed E-state index contributed by atoms with van der Waals surface area (Å²) in [5.41, 5.74) is 4.16. The van der Waals surface area contributed by atoms with Crippen LogP contribution in [0.25, 0.3) is 0 Å². The van der Waals surface area contributed by atoms with Gasteiger partial charge in [0.15, 0.2) is 23.2 Å². The molecule has 0 heterocycles. The molecule has 2 rings (SSSR count). The zero-order valence-electron chi connectivity index (χ0n) is 14.5. The summed E-state index contributed by atoms with van der Waals surface area (Å²) in [7, 11) is 3.23. The van der Waals surface area contributed by atoms with Crippen molar-refractivity contribution in [1.82, 2.24) is 10.7 Å². The van der Waals surface area contributed by atoms with Gasteiger partial charge in [0.25, 0.3) is 5.91 Å². The summed E-state index contributed by atoms with van der Waals surface area (Å²) in [6.07, 6.45) is 1.60. The van der Waals surface area contributed by atoms with E-state index in [0.29, 0.717) is 22.3 Å². The normalized spacial score (nSPS) is 10.2. The molecule has 0 aliphatic rings. The summed E-state index contributed by atoms with van der Waals surface area (Å²) in [4.78, 5) is 12.0. The lowest BCUT2D eigenvalue weighted by Gasteiger charge is -2.11. The zero-order valence-corrected chi connectivity index (χ0v) is 15.3. The lowest BCUT2D eigenvalue weighted by atomic mass is 10.2. The summed E-state index contributed by atoms with van der Waals surface area (Å²) in [5, 5.41) is 9.92. The molecule has 0 unspecified atom stereocenters. The van der Waals surface area contributed by atoms with Gasteiger partial charge in [0.1, 0.15) is 0 Å². The van der Waals surface area contributed by atoms with Crippen molar-refractivity contribution >= 4 is 35.1 Å². The van der Waals surface area contributed by atoms with E-state index in [1.165, 1.54) is 7.11 Å². The van der Waals surface area contributed by atoms with Gasteiger partial charge in [0.2, 0.25) is 0 Å². The van der Waals surface area contributed by atoms with Gasteiger partial charge >= 0.3 is 0 Å². The molecular weight excluding hydrogens is 352 g/mol. The molecule has 0 radical (unpaired) electrons. The number of nitrogens with zero attached hydrogens (tertiary/aromatic N) is 1. The smallest absolute Gasteiger partial charge is 0.262 e. The molecule has 0 saturated heterocycles. The maximum atomic E-state index is 12.0. The van der Waals surface area contributed by atoms with Crippen LogP contribution in [0.5, 0.6) is 11.5 Å². The Morgan fingerprint density at radius 1 is 1.19 bits per heavy atom. The molecule has 0 saturated carbocycles. The van der Waals surface area contributed by atoms with E-state index in [0.717, 1.165) is 5.56 Å². The summed E-state index contributed by atoms with van der Waals surface area (Å²) < 4.78 is 10.9. The number of ether oxygens (including phenoxy) is 2. The molecule has 136 valence electrons. The first kappa shape index (κ1) is 19.2. The molecule has 2 aromatic carbocycles. The monoisotopic (exact) mass is 372 g/mol. The minimum Gasteiger partial charge on any atom is -0.493 e. The maximum Gasteiger partial charge on any atom is 0.262 e. The third kappa shape index (κ3) is 6.06. The van der Waals surface area contributed by atoms with Crippen LogP contribution in [0.3, 0.4) is 0 Å². The number of para-hydroxylation sites is 1. The fourth-order valence-corrected chi connectivity index (χ4v) is 2.02. The van der Waals surface area contributed by atoms with Gasteiger partial charge in [0.05, 0.1) is 13.3 Å². The van der Waals surface area contributed by atoms with Gasteiger partial charge in [-0.15, -0.1) is 0 Å². The lowest BCUT2D eigenvalue weighted by Crippen LogP contribution is -2.28. The van der Waals surface area contributed by atoms with Crippen LogP contribution in [0.1, 0.15) is 5.56 Å². The predicted octanol–water partition coefficient (Wildman–Crippen LogP) is 2.14. The van der Waals surface area contributed by atoms with E-state index in [-0.39, 0.29) is 12.5 Å². The van der Waals surface area contributed by atoms with Crippen LogP contribution in [0.15, 0.2) is 53.6 Å². The number of hydrogen-bond acceptors (Lipinski definition) is 5. The quantitative estimate of drug-likeness (QED) is 0.392. The number of rotatable bonds is 7. The molecule has 0 spiro atoms. The summed E-state index contributed by atoms with van der Waals surface area (Å²) >= 11 is 4.93. The predicted molar refractivity (Wildman–Crippen MR) is 106 cm³/mol. The van der Waals surface area contributed by atoms with Crippen molar-refractivity contribution in [3.8, 4) is 11.5 Å². The second-order valence-corrected chi connectivity index (χ2v) is 5.47. The molecule has 0 aliphatic heterocycles. The van der Waals surface area contributed by atoms with Gasteiger partial charge in [-0.05, 0) is 48.1 Å². The minimum atomic E-state index is -0.256. The molecule has 0 fully saturated rings. The number of carbonyl (C=O) groups excluding carboxylic acids is 1. The molecule has 8 heteroatoms. The van der Waals surface area contributed by atoms with E-state index in [1.54, 1.807) is 43.6 Å². The fraction of sp³-hybridized carbons (Fsp3) is 0.167. The number of amides is 1. The standard InChI is InChI=1S/C18H20N4O3S/c1-19-18(26)22-20-11-13-8-9-15(16(10-13)24-2)25-12-17(23)21-14-6-4-3-5-7-14/h3-11H,12H2,1-2H3,(H,21,23)(H2,19,22,26)/b20-11+. The number of nitrogens with one attached hydrogen (secondary N) is 3. The Balaban J connectivity index is 1.94. The number of carbonyl (C=O) groups is 1. The van der Waals surface area contributed by atoms with Gasteiger partial charge in [-0.25, -0.2) is 0 Å². The van der Waals surface area contributed by atoms with Crippen molar-refractivity contribution in [3.05, 3.63) is 54.1 Å². The molecule has 2 aromatic rings. The highest BCUT2D eigenvalue weighted by Gasteiger charge is 2.08. The van der Waals surface area contributed by atoms with Crippen LogP contribution in [0.4, 0.5) is 5.69 Å².